The monoisotopic (exact) mass is 229 g/mol. The van der Waals surface area contributed by atoms with Crippen molar-refractivity contribution in [2.75, 3.05) is 6.54 Å². The zero-order valence-corrected chi connectivity index (χ0v) is 10.4. The van der Waals surface area contributed by atoms with Gasteiger partial charge >= 0.3 is 0 Å². The van der Waals surface area contributed by atoms with Crippen LogP contribution in [0.2, 0.25) is 0 Å². The summed E-state index contributed by atoms with van der Waals surface area (Å²) in [4.78, 5) is 14.1. The van der Waals surface area contributed by atoms with Crippen LogP contribution >= 0.6 is 0 Å². The second kappa shape index (κ2) is 5.17. The van der Waals surface area contributed by atoms with Crippen LogP contribution in [0.15, 0.2) is 24.8 Å². The molecular formula is C15H19NO. The second-order valence-electron chi connectivity index (χ2n) is 4.51. The molecule has 0 radical (unpaired) electrons. The van der Waals surface area contributed by atoms with Crippen molar-refractivity contribution in [2.24, 2.45) is 0 Å². The molecule has 1 amide bonds. The van der Waals surface area contributed by atoms with Crippen LogP contribution in [0.3, 0.4) is 0 Å². The summed E-state index contributed by atoms with van der Waals surface area (Å²) in [6, 6.07) is 5.88. The maximum Gasteiger partial charge on any atom is 0.254 e. The highest BCUT2D eigenvalue weighted by Gasteiger charge is 2.27. The maximum absolute atomic E-state index is 12.2. The number of benzene rings is 1. The van der Waals surface area contributed by atoms with Crippen molar-refractivity contribution in [2.45, 2.75) is 32.7 Å². The lowest BCUT2D eigenvalue weighted by atomic mass is 10.0. The minimum atomic E-state index is 0.180. The third kappa shape index (κ3) is 2.26. The minimum absolute atomic E-state index is 0.180. The summed E-state index contributed by atoms with van der Waals surface area (Å²) >= 11 is 0. The molecule has 0 aromatic heterocycles. The summed E-state index contributed by atoms with van der Waals surface area (Å²) in [6.07, 6.45) is 5.31. The van der Waals surface area contributed by atoms with Gasteiger partial charge in [-0.1, -0.05) is 44.6 Å². The molecule has 0 N–H and O–H groups in total. The van der Waals surface area contributed by atoms with E-state index in [0.29, 0.717) is 0 Å². The number of amides is 1. The van der Waals surface area contributed by atoms with Gasteiger partial charge in [-0.25, -0.2) is 0 Å². The molecule has 0 saturated carbocycles. The second-order valence-corrected chi connectivity index (χ2v) is 4.51. The molecule has 0 unspecified atom stereocenters. The van der Waals surface area contributed by atoms with Crippen LogP contribution in [0.1, 0.15) is 47.7 Å². The quantitative estimate of drug-likeness (QED) is 0.708. The zero-order chi connectivity index (χ0) is 12.3. The molecule has 0 atom stereocenters. The van der Waals surface area contributed by atoms with Gasteiger partial charge in [0.2, 0.25) is 0 Å². The Labute approximate surface area is 103 Å². The van der Waals surface area contributed by atoms with Crippen LogP contribution in [-0.4, -0.2) is 17.4 Å². The molecule has 0 bridgehead atoms. The lowest BCUT2D eigenvalue weighted by Crippen LogP contribution is -2.24. The Morgan fingerprint density at radius 3 is 2.94 bits per heavy atom. The molecule has 1 heterocycles. The summed E-state index contributed by atoms with van der Waals surface area (Å²) < 4.78 is 0. The van der Waals surface area contributed by atoms with Crippen molar-refractivity contribution in [3.8, 4) is 0 Å². The van der Waals surface area contributed by atoms with E-state index in [4.69, 9.17) is 0 Å². The Morgan fingerprint density at radius 1 is 1.41 bits per heavy atom. The predicted octanol–water partition coefficient (Wildman–Crippen LogP) is 3.48. The minimum Gasteiger partial charge on any atom is -0.334 e. The first-order valence-electron chi connectivity index (χ1n) is 6.31. The molecule has 1 aliphatic heterocycles. The highest BCUT2D eigenvalue weighted by Crippen LogP contribution is 2.26. The number of unbranched alkanes of at least 4 members (excludes halogenated alkanes) is 2. The Morgan fingerprint density at radius 2 is 2.24 bits per heavy atom. The summed E-state index contributed by atoms with van der Waals surface area (Å²) in [7, 11) is 0. The summed E-state index contributed by atoms with van der Waals surface area (Å²) in [6.45, 7) is 7.60. The van der Waals surface area contributed by atoms with Crippen LogP contribution in [0.4, 0.5) is 0 Å². The molecular weight excluding hydrogens is 210 g/mol. The number of fused-ring (bicyclic) bond motifs is 1. The Hall–Kier alpha value is -1.57. The fraction of sp³-hybridized carbons (Fsp3) is 0.400. The molecule has 2 rings (SSSR count). The Balaban J connectivity index is 2.14. The van der Waals surface area contributed by atoms with E-state index in [1.807, 2.05) is 29.2 Å². The molecule has 0 saturated heterocycles. The number of carbonyl (C=O) groups is 1. The van der Waals surface area contributed by atoms with Crippen molar-refractivity contribution < 1.29 is 4.79 Å². The molecule has 2 heteroatoms. The SMILES string of the molecule is C=Cc1cccc2c1CN(CCCCC)C2=O. The van der Waals surface area contributed by atoms with Crippen molar-refractivity contribution >= 4 is 12.0 Å². The zero-order valence-electron chi connectivity index (χ0n) is 10.4. The summed E-state index contributed by atoms with van der Waals surface area (Å²) in [5, 5.41) is 0. The van der Waals surface area contributed by atoms with Gasteiger partial charge in [-0.05, 0) is 23.6 Å². The van der Waals surface area contributed by atoms with Gasteiger partial charge in [-0.3, -0.25) is 4.79 Å². The standard InChI is InChI=1S/C15H19NO/c1-3-5-6-10-16-11-14-12(4-2)8-7-9-13(14)15(16)17/h4,7-9H,2-3,5-6,10-11H2,1H3. The van der Waals surface area contributed by atoms with Crippen LogP contribution < -0.4 is 0 Å². The fourth-order valence-corrected chi connectivity index (χ4v) is 2.34. The number of nitrogens with zero attached hydrogens (tertiary/aromatic N) is 1. The largest absolute Gasteiger partial charge is 0.334 e. The van der Waals surface area contributed by atoms with E-state index >= 15 is 0 Å². The molecule has 17 heavy (non-hydrogen) atoms. The van der Waals surface area contributed by atoms with Gasteiger partial charge in [0.05, 0.1) is 0 Å². The van der Waals surface area contributed by atoms with Crippen LogP contribution in [0.25, 0.3) is 6.08 Å². The van der Waals surface area contributed by atoms with Crippen molar-refractivity contribution in [3.63, 3.8) is 0 Å². The molecule has 1 aliphatic rings. The normalized spacial score (nSPS) is 13.9. The van der Waals surface area contributed by atoms with E-state index in [-0.39, 0.29) is 5.91 Å². The molecule has 0 spiro atoms. The average Bonchev–Trinajstić information content (AvgIpc) is 2.67. The van der Waals surface area contributed by atoms with E-state index in [9.17, 15) is 4.79 Å². The fourth-order valence-electron chi connectivity index (χ4n) is 2.34. The number of hydrogen-bond acceptors (Lipinski definition) is 1. The van der Waals surface area contributed by atoms with Gasteiger partial charge in [0.1, 0.15) is 0 Å². The molecule has 2 nitrogen and oxygen atoms in total. The molecule has 90 valence electrons. The van der Waals surface area contributed by atoms with E-state index in [1.165, 1.54) is 12.8 Å². The Bertz CT molecular complexity index is 437. The average molecular weight is 229 g/mol. The van der Waals surface area contributed by atoms with Crippen molar-refractivity contribution in [1.29, 1.82) is 0 Å². The highest BCUT2D eigenvalue weighted by atomic mass is 16.2. The summed E-state index contributed by atoms with van der Waals surface area (Å²) in [5.41, 5.74) is 3.09. The Kier molecular flexibility index (Phi) is 3.62. The number of rotatable bonds is 5. The lowest BCUT2D eigenvalue weighted by Gasteiger charge is -2.14. The van der Waals surface area contributed by atoms with Crippen molar-refractivity contribution in [3.05, 3.63) is 41.5 Å². The van der Waals surface area contributed by atoms with Gasteiger partial charge < -0.3 is 4.90 Å². The first-order valence-corrected chi connectivity index (χ1v) is 6.31. The highest BCUT2D eigenvalue weighted by molar-refractivity contribution is 5.99. The lowest BCUT2D eigenvalue weighted by molar-refractivity contribution is 0.0775. The molecule has 1 aromatic rings. The van der Waals surface area contributed by atoms with E-state index in [2.05, 4.69) is 13.5 Å². The van der Waals surface area contributed by atoms with E-state index in [1.54, 1.807) is 0 Å². The molecule has 0 fully saturated rings. The van der Waals surface area contributed by atoms with E-state index < -0.39 is 0 Å². The first kappa shape index (κ1) is 11.9. The van der Waals surface area contributed by atoms with Gasteiger partial charge in [0.15, 0.2) is 0 Å². The van der Waals surface area contributed by atoms with Gasteiger partial charge in [-0.2, -0.15) is 0 Å². The van der Waals surface area contributed by atoms with Gasteiger partial charge in [0.25, 0.3) is 5.91 Å². The third-order valence-electron chi connectivity index (χ3n) is 3.33. The predicted molar refractivity (Wildman–Crippen MR) is 70.8 cm³/mol. The van der Waals surface area contributed by atoms with Crippen LogP contribution in [0, 0.1) is 0 Å². The van der Waals surface area contributed by atoms with Crippen molar-refractivity contribution in [1.82, 2.24) is 4.90 Å². The topological polar surface area (TPSA) is 20.3 Å². The van der Waals surface area contributed by atoms with Gasteiger partial charge in [0, 0.05) is 18.7 Å². The smallest absolute Gasteiger partial charge is 0.254 e. The molecule has 1 aromatic carbocycles. The van der Waals surface area contributed by atoms with E-state index in [0.717, 1.165) is 36.2 Å². The van der Waals surface area contributed by atoms with Crippen LogP contribution in [-0.2, 0) is 6.54 Å². The third-order valence-corrected chi connectivity index (χ3v) is 3.33. The van der Waals surface area contributed by atoms with Gasteiger partial charge in [-0.15, -0.1) is 0 Å². The summed E-state index contributed by atoms with van der Waals surface area (Å²) in [5.74, 6) is 0.180. The molecule has 0 aliphatic carbocycles. The van der Waals surface area contributed by atoms with Crippen LogP contribution in [0.5, 0.6) is 0 Å². The number of carbonyl (C=O) groups excluding carboxylic acids is 1. The first-order chi connectivity index (χ1) is 8.27. The maximum atomic E-state index is 12.2. The number of hydrogen-bond donors (Lipinski definition) is 0.